The third kappa shape index (κ3) is 1.87. The summed E-state index contributed by atoms with van der Waals surface area (Å²) in [7, 11) is 0. The molecule has 0 N–H and O–H groups in total. The molecule has 0 amide bonds. The number of thioether (sulfide) groups is 1. The molecule has 2 aromatic carbocycles. The van der Waals surface area contributed by atoms with E-state index in [0.29, 0.717) is 0 Å². The number of benzene rings is 2. The summed E-state index contributed by atoms with van der Waals surface area (Å²) in [5, 5.41) is 3.25. The largest absolute Gasteiger partial charge is 0.456 e. The van der Waals surface area contributed by atoms with Crippen LogP contribution in [0.15, 0.2) is 56.8 Å². The summed E-state index contributed by atoms with van der Waals surface area (Å²) in [4.78, 5) is 14.9. The van der Waals surface area contributed by atoms with Gasteiger partial charge in [-0.3, -0.25) is 4.79 Å². The monoisotopic (exact) mass is 309 g/mol. The molecule has 110 valence electrons. The van der Waals surface area contributed by atoms with Crippen LogP contribution in [0, 0.1) is 0 Å². The van der Waals surface area contributed by atoms with E-state index in [1.54, 1.807) is 24.8 Å². The van der Waals surface area contributed by atoms with Gasteiger partial charge in [0, 0.05) is 22.9 Å². The molecule has 0 radical (unpaired) electrons. The summed E-state index contributed by atoms with van der Waals surface area (Å²) < 4.78 is 5.96. The van der Waals surface area contributed by atoms with Crippen LogP contribution >= 0.6 is 11.8 Å². The van der Waals surface area contributed by atoms with Crippen LogP contribution in [0.4, 0.5) is 5.69 Å². The molecule has 0 bridgehead atoms. The zero-order valence-corrected chi connectivity index (χ0v) is 13.2. The first kappa shape index (κ1) is 13.5. The smallest absolute Gasteiger partial charge is 0.155 e. The highest BCUT2D eigenvalue weighted by atomic mass is 32.2. The van der Waals surface area contributed by atoms with Gasteiger partial charge in [0.2, 0.25) is 0 Å². The molecule has 3 aromatic rings. The summed E-state index contributed by atoms with van der Waals surface area (Å²) in [5.41, 5.74) is 2.95. The molecule has 0 aliphatic carbocycles. The number of para-hydroxylation sites is 1. The van der Waals surface area contributed by atoms with Crippen LogP contribution in [-0.2, 0) is 4.79 Å². The van der Waals surface area contributed by atoms with E-state index in [4.69, 9.17) is 4.42 Å². The van der Waals surface area contributed by atoms with Crippen molar-refractivity contribution in [3.63, 3.8) is 0 Å². The molecule has 2 heterocycles. The highest BCUT2D eigenvalue weighted by molar-refractivity contribution is 8.03. The van der Waals surface area contributed by atoms with Crippen LogP contribution in [0.2, 0.25) is 0 Å². The van der Waals surface area contributed by atoms with Crippen molar-refractivity contribution in [2.45, 2.75) is 18.7 Å². The third-order valence-corrected chi connectivity index (χ3v) is 4.97. The maximum Gasteiger partial charge on any atom is 0.155 e. The summed E-state index contributed by atoms with van der Waals surface area (Å²) in [6, 6.07) is 12.2. The molecule has 1 aromatic heterocycles. The molecule has 0 spiro atoms. The standard InChI is InChI=1S/C18H15NO2S/c1-3-19-16(10-11(2)20)22-15-9-8-14-17(18(15)19)12-6-4-5-7-13(12)21-14/h4-10H,3H2,1-2H3/b16-10-. The number of carbonyl (C=O) groups excluding carboxylic acids is 1. The molecule has 0 saturated carbocycles. The number of carbonyl (C=O) groups is 1. The van der Waals surface area contributed by atoms with Gasteiger partial charge < -0.3 is 9.32 Å². The number of hydrogen-bond donors (Lipinski definition) is 0. The Morgan fingerprint density at radius 3 is 2.82 bits per heavy atom. The lowest BCUT2D eigenvalue weighted by Crippen LogP contribution is -2.17. The fourth-order valence-electron chi connectivity index (χ4n) is 3.00. The molecule has 4 heteroatoms. The first-order chi connectivity index (χ1) is 10.7. The highest BCUT2D eigenvalue weighted by Crippen LogP contribution is 2.51. The number of rotatable bonds is 2. The van der Waals surface area contributed by atoms with Crippen molar-refractivity contribution in [1.82, 2.24) is 0 Å². The summed E-state index contributed by atoms with van der Waals surface area (Å²) in [5.74, 6) is 0.0713. The van der Waals surface area contributed by atoms with Gasteiger partial charge in [-0.05, 0) is 32.0 Å². The van der Waals surface area contributed by atoms with Gasteiger partial charge in [-0.15, -0.1) is 0 Å². The van der Waals surface area contributed by atoms with E-state index in [-0.39, 0.29) is 5.78 Å². The van der Waals surface area contributed by atoms with Gasteiger partial charge in [0.05, 0.1) is 16.1 Å². The van der Waals surface area contributed by atoms with Gasteiger partial charge in [-0.2, -0.15) is 0 Å². The van der Waals surface area contributed by atoms with Crippen LogP contribution in [0.1, 0.15) is 13.8 Å². The minimum absolute atomic E-state index is 0.0713. The molecule has 0 saturated heterocycles. The van der Waals surface area contributed by atoms with Crippen LogP contribution in [0.25, 0.3) is 21.9 Å². The van der Waals surface area contributed by atoms with Crippen LogP contribution in [0.5, 0.6) is 0 Å². The second-order valence-electron chi connectivity index (χ2n) is 5.32. The number of allylic oxidation sites excluding steroid dienone is 1. The fraction of sp³-hybridized carbons (Fsp3) is 0.167. The lowest BCUT2D eigenvalue weighted by atomic mass is 10.1. The zero-order chi connectivity index (χ0) is 15.3. The van der Waals surface area contributed by atoms with Crippen LogP contribution < -0.4 is 4.90 Å². The first-order valence-electron chi connectivity index (χ1n) is 7.31. The van der Waals surface area contributed by atoms with Crippen molar-refractivity contribution >= 4 is 45.2 Å². The third-order valence-electron chi connectivity index (χ3n) is 3.87. The molecule has 4 rings (SSSR count). The van der Waals surface area contributed by atoms with E-state index in [1.807, 2.05) is 24.3 Å². The van der Waals surface area contributed by atoms with E-state index >= 15 is 0 Å². The Morgan fingerprint density at radius 2 is 2.05 bits per heavy atom. The predicted octanol–water partition coefficient (Wildman–Crippen LogP) is 4.95. The Bertz CT molecular complexity index is 939. The number of anilines is 1. The molecule has 1 aliphatic rings. The first-order valence-corrected chi connectivity index (χ1v) is 8.12. The Balaban J connectivity index is 2.05. The molecular weight excluding hydrogens is 294 g/mol. The van der Waals surface area contributed by atoms with Crippen molar-refractivity contribution in [3.05, 3.63) is 47.5 Å². The number of nitrogens with zero attached hydrogens (tertiary/aromatic N) is 1. The molecule has 0 fully saturated rings. The second-order valence-corrected chi connectivity index (χ2v) is 6.39. The lowest BCUT2D eigenvalue weighted by Gasteiger charge is -2.18. The van der Waals surface area contributed by atoms with Gasteiger partial charge in [0.15, 0.2) is 5.78 Å². The van der Waals surface area contributed by atoms with Gasteiger partial charge in [0.25, 0.3) is 0 Å². The SMILES string of the molecule is CCN1/C(=C/C(C)=O)Sc2ccc3oc4ccccc4c3c21. The Labute approximate surface area is 132 Å². The van der Waals surface area contributed by atoms with Crippen molar-refractivity contribution < 1.29 is 9.21 Å². The van der Waals surface area contributed by atoms with Crippen molar-refractivity contribution in [2.75, 3.05) is 11.4 Å². The summed E-state index contributed by atoms with van der Waals surface area (Å²) in [6.07, 6.45) is 1.71. The summed E-state index contributed by atoms with van der Waals surface area (Å²) >= 11 is 1.65. The Hall–Kier alpha value is -2.20. The number of fused-ring (bicyclic) bond motifs is 5. The van der Waals surface area contributed by atoms with Crippen molar-refractivity contribution in [2.24, 2.45) is 0 Å². The predicted molar refractivity (Wildman–Crippen MR) is 91.4 cm³/mol. The summed E-state index contributed by atoms with van der Waals surface area (Å²) in [6.45, 7) is 4.51. The average Bonchev–Trinajstić information content (AvgIpc) is 3.03. The molecule has 3 nitrogen and oxygen atoms in total. The van der Waals surface area contributed by atoms with Crippen molar-refractivity contribution in [3.8, 4) is 0 Å². The number of furan rings is 1. The minimum Gasteiger partial charge on any atom is -0.456 e. The van der Waals surface area contributed by atoms with Crippen LogP contribution in [-0.4, -0.2) is 12.3 Å². The van der Waals surface area contributed by atoms with E-state index in [9.17, 15) is 4.79 Å². The van der Waals surface area contributed by atoms with Gasteiger partial charge in [0.1, 0.15) is 11.2 Å². The van der Waals surface area contributed by atoms with Crippen LogP contribution in [0.3, 0.4) is 0 Å². The molecule has 0 unspecified atom stereocenters. The highest BCUT2D eigenvalue weighted by Gasteiger charge is 2.28. The lowest BCUT2D eigenvalue weighted by molar-refractivity contribution is -0.112. The maximum atomic E-state index is 11.5. The van der Waals surface area contributed by atoms with E-state index in [2.05, 4.69) is 24.0 Å². The van der Waals surface area contributed by atoms with E-state index in [1.165, 1.54) is 4.90 Å². The quantitative estimate of drug-likeness (QED) is 0.627. The average molecular weight is 309 g/mol. The van der Waals surface area contributed by atoms with Gasteiger partial charge >= 0.3 is 0 Å². The van der Waals surface area contributed by atoms with Gasteiger partial charge in [-0.25, -0.2) is 0 Å². The second kappa shape index (κ2) is 4.92. The Morgan fingerprint density at radius 1 is 1.23 bits per heavy atom. The molecule has 1 aliphatic heterocycles. The molecule has 0 atom stereocenters. The topological polar surface area (TPSA) is 33.5 Å². The maximum absolute atomic E-state index is 11.5. The Kier molecular flexibility index (Phi) is 3.01. The van der Waals surface area contributed by atoms with Gasteiger partial charge in [-0.1, -0.05) is 30.0 Å². The normalized spacial score (nSPS) is 15.9. The van der Waals surface area contributed by atoms with E-state index in [0.717, 1.165) is 39.2 Å². The minimum atomic E-state index is 0.0713. The van der Waals surface area contributed by atoms with Crippen molar-refractivity contribution in [1.29, 1.82) is 0 Å². The molecule has 22 heavy (non-hydrogen) atoms. The fourth-order valence-corrected chi connectivity index (χ4v) is 4.23. The zero-order valence-electron chi connectivity index (χ0n) is 12.4. The number of hydrogen-bond acceptors (Lipinski definition) is 4. The number of ketones is 1. The van der Waals surface area contributed by atoms with E-state index < -0.39 is 0 Å². The molecular formula is C18H15NO2S.